The third kappa shape index (κ3) is 1.85. The smallest absolute Gasteiger partial charge is 0.206 e. The number of halogens is 1. The van der Waals surface area contributed by atoms with Gasteiger partial charge in [-0.2, -0.15) is 4.39 Å². The average Bonchev–Trinajstić information content (AvgIpc) is 2.68. The molecule has 0 saturated heterocycles. The average molecular weight is 246 g/mol. The van der Waals surface area contributed by atoms with Gasteiger partial charge in [-0.3, -0.25) is 0 Å². The maximum atomic E-state index is 13.6. The summed E-state index contributed by atoms with van der Waals surface area (Å²) in [6.07, 6.45) is 6.49. The fraction of sp³-hybridized carbons (Fsp3) is 0.154. The summed E-state index contributed by atoms with van der Waals surface area (Å²) in [5.41, 5.74) is 6.66. The molecule has 1 aromatic carbocycles. The van der Waals surface area contributed by atoms with E-state index in [1.54, 1.807) is 0 Å². The van der Waals surface area contributed by atoms with Crippen LogP contribution in [0, 0.1) is 5.13 Å². The Labute approximate surface area is 102 Å². The Morgan fingerprint density at radius 2 is 1.94 bits per heavy atom. The third-order valence-electron chi connectivity index (χ3n) is 2.86. The number of nitrogens with two attached hydrogens (primary N) is 1. The Bertz CT molecular complexity index is 688. The van der Waals surface area contributed by atoms with Gasteiger partial charge in [-0.05, 0) is 29.3 Å². The van der Waals surface area contributed by atoms with Crippen molar-refractivity contribution in [2.45, 2.75) is 12.8 Å². The minimum Gasteiger partial charge on any atom is -0.375 e. The van der Waals surface area contributed by atoms with Gasteiger partial charge in [0, 0.05) is 5.56 Å². The molecule has 1 heterocycles. The van der Waals surface area contributed by atoms with Gasteiger partial charge < -0.3 is 5.73 Å². The first-order valence-corrected chi connectivity index (χ1v) is 6.28. The van der Waals surface area contributed by atoms with Crippen LogP contribution in [-0.2, 0) is 0 Å². The SMILES string of the molecule is Nc1nc(-c2ccc3c(c2)=CCCC=3)c(F)s1. The van der Waals surface area contributed by atoms with E-state index in [9.17, 15) is 4.39 Å². The lowest BCUT2D eigenvalue weighted by atomic mass is 10.0. The van der Waals surface area contributed by atoms with E-state index in [1.807, 2.05) is 18.2 Å². The van der Waals surface area contributed by atoms with Crippen molar-refractivity contribution in [2.24, 2.45) is 0 Å². The lowest BCUT2D eigenvalue weighted by Crippen LogP contribution is -2.26. The number of fused-ring (bicyclic) bond motifs is 1. The van der Waals surface area contributed by atoms with Gasteiger partial charge in [-0.15, -0.1) is 0 Å². The zero-order valence-electron chi connectivity index (χ0n) is 9.11. The molecular formula is C13H11FN2S. The summed E-state index contributed by atoms with van der Waals surface area (Å²) in [6.45, 7) is 0. The molecule has 0 fully saturated rings. The fourth-order valence-corrected chi connectivity index (χ4v) is 2.64. The van der Waals surface area contributed by atoms with E-state index >= 15 is 0 Å². The quantitative estimate of drug-likeness (QED) is 0.834. The maximum absolute atomic E-state index is 13.6. The van der Waals surface area contributed by atoms with Crippen LogP contribution in [0.25, 0.3) is 23.4 Å². The number of hydrogen-bond donors (Lipinski definition) is 1. The van der Waals surface area contributed by atoms with Crippen LogP contribution in [0.2, 0.25) is 0 Å². The molecule has 0 bridgehead atoms. The molecular weight excluding hydrogens is 235 g/mol. The molecule has 3 rings (SSSR count). The van der Waals surface area contributed by atoms with E-state index in [4.69, 9.17) is 5.73 Å². The van der Waals surface area contributed by atoms with Crippen LogP contribution in [0.1, 0.15) is 12.8 Å². The molecule has 0 amide bonds. The van der Waals surface area contributed by atoms with Gasteiger partial charge in [-0.25, -0.2) is 4.98 Å². The second-order valence-corrected chi connectivity index (χ2v) is 4.98. The van der Waals surface area contributed by atoms with Crippen LogP contribution in [0.5, 0.6) is 0 Å². The standard InChI is InChI=1S/C13H11FN2S/c14-12-11(16-13(15)17-12)10-6-5-8-3-1-2-4-9(8)7-10/h3-7H,1-2H2,(H2,15,16). The monoisotopic (exact) mass is 246 g/mol. The maximum Gasteiger partial charge on any atom is 0.206 e. The highest BCUT2D eigenvalue weighted by atomic mass is 32.1. The van der Waals surface area contributed by atoms with Crippen molar-refractivity contribution in [3.05, 3.63) is 33.8 Å². The Kier molecular flexibility index (Phi) is 2.44. The van der Waals surface area contributed by atoms with Crippen molar-refractivity contribution in [2.75, 3.05) is 5.73 Å². The van der Waals surface area contributed by atoms with Gasteiger partial charge in [-0.1, -0.05) is 35.6 Å². The van der Waals surface area contributed by atoms with Crippen molar-refractivity contribution < 1.29 is 4.39 Å². The highest BCUT2D eigenvalue weighted by Gasteiger charge is 2.11. The molecule has 2 aromatic rings. The number of nitrogen functional groups attached to an aromatic ring is 1. The predicted octanol–water partition coefficient (Wildman–Crippen LogP) is 1.89. The van der Waals surface area contributed by atoms with Gasteiger partial charge in [0.05, 0.1) is 0 Å². The summed E-state index contributed by atoms with van der Waals surface area (Å²) in [5.74, 6) is 0. The molecule has 4 heteroatoms. The molecule has 0 saturated carbocycles. The Morgan fingerprint density at radius 1 is 1.18 bits per heavy atom. The molecule has 1 aromatic heterocycles. The summed E-state index contributed by atoms with van der Waals surface area (Å²) < 4.78 is 13.6. The highest BCUT2D eigenvalue weighted by molar-refractivity contribution is 7.14. The largest absolute Gasteiger partial charge is 0.375 e. The lowest BCUT2D eigenvalue weighted by Gasteiger charge is -2.02. The number of hydrogen-bond acceptors (Lipinski definition) is 3. The molecule has 1 aliphatic rings. The summed E-state index contributed by atoms with van der Waals surface area (Å²) in [7, 11) is 0. The summed E-state index contributed by atoms with van der Waals surface area (Å²) in [5, 5.41) is 2.32. The first-order chi connectivity index (χ1) is 8.24. The molecule has 2 nitrogen and oxygen atoms in total. The topological polar surface area (TPSA) is 38.9 Å². The normalized spacial score (nSPS) is 13.7. The van der Waals surface area contributed by atoms with E-state index in [0.717, 1.165) is 35.0 Å². The lowest BCUT2D eigenvalue weighted by molar-refractivity contribution is 0.657. The molecule has 86 valence electrons. The Balaban J connectivity index is 2.20. The van der Waals surface area contributed by atoms with Crippen LogP contribution in [0.3, 0.4) is 0 Å². The van der Waals surface area contributed by atoms with E-state index in [2.05, 4.69) is 17.1 Å². The van der Waals surface area contributed by atoms with E-state index in [-0.39, 0.29) is 10.3 Å². The third-order valence-corrected chi connectivity index (χ3v) is 3.53. The zero-order valence-corrected chi connectivity index (χ0v) is 9.93. The predicted molar refractivity (Wildman–Crippen MR) is 69.3 cm³/mol. The molecule has 1 aliphatic carbocycles. The van der Waals surface area contributed by atoms with Crippen molar-refractivity contribution in [1.82, 2.24) is 4.98 Å². The minimum absolute atomic E-state index is 0.269. The fourth-order valence-electron chi connectivity index (χ4n) is 2.06. The van der Waals surface area contributed by atoms with Crippen molar-refractivity contribution in [3.8, 4) is 11.3 Å². The van der Waals surface area contributed by atoms with Gasteiger partial charge >= 0.3 is 0 Å². The van der Waals surface area contributed by atoms with E-state index in [0.29, 0.717) is 5.69 Å². The molecule has 2 N–H and O–H groups in total. The van der Waals surface area contributed by atoms with Crippen LogP contribution in [0.4, 0.5) is 9.52 Å². The number of nitrogens with zero attached hydrogens (tertiary/aromatic N) is 1. The van der Waals surface area contributed by atoms with Crippen LogP contribution < -0.4 is 16.2 Å². The molecule has 0 radical (unpaired) electrons. The molecule has 17 heavy (non-hydrogen) atoms. The number of aromatic nitrogens is 1. The van der Waals surface area contributed by atoms with Crippen LogP contribution >= 0.6 is 11.3 Å². The molecule has 0 atom stereocenters. The van der Waals surface area contributed by atoms with Gasteiger partial charge in [0.2, 0.25) is 5.13 Å². The second kappa shape index (κ2) is 3.96. The van der Waals surface area contributed by atoms with E-state index in [1.165, 1.54) is 5.22 Å². The summed E-state index contributed by atoms with van der Waals surface area (Å²) in [6, 6.07) is 5.88. The molecule has 0 unspecified atom stereocenters. The second-order valence-electron chi connectivity index (χ2n) is 4.00. The number of thiazole rings is 1. The van der Waals surface area contributed by atoms with E-state index < -0.39 is 0 Å². The van der Waals surface area contributed by atoms with Gasteiger partial charge in [0.15, 0.2) is 5.13 Å². The number of benzene rings is 1. The first kappa shape index (κ1) is 10.5. The minimum atomic E-state index is -0.317. The van der Waals surface area contributed by atoms with Crippen molar-refractivity contribution in [1.29, 1.82) is 0 Å². The Hall–Kier alpha value is -1.68. The number of rotatable bonds is 1. The van der Waals surface area contributed by atoms with Crippen LogP contribution in [0.15, 0.2) is 18.2 Å². The van der Waals surface area contributed by atoms with Gasteiger partial charge in [0.1, 0.15) is 5.69 Å². The summed E-state index contributed by atoms with van der Waals surface area (Å²) >= 11 is 0.883. The zero-order chi connectivity index (χ0) is 11.8. The first-order valence-electron chi connectivity index (χ1n) is 5.46. The molecule has 0 spiro atoms. The van der Waals surface area contributed by atoms with Crippen LogP contribution in [-0.4, -0.2) is 4.98 Å². The van der Waals surface area contributed by atoms with Gasteiger partial charge in [0.25, 0.3) is 0 Å². The molecule has 0 aliphatic heterocycles. The Morgan fingerprint density at radius 3 is 2.65 bits per heavy atom. The number of anilines is 1. The highest BCUT2D eigenvalue weighted by Crippen LogP contribution is 2.26. The summed E-state index contributed by atoms with van der Waals surface area (Å²) in [4.78, 5) is 4.03. The van der Waals surface area contributed by atoms with Crippen molar-refractivity contribution in [3.63, 3.8) is 0 Å². The van der Waals surface area contributed by atoms with Crippen molar-refractivity contribution >= 4 is 28.6 Å².